The van der Waals surface area contributed by atoms with E-state index in [-0.39, 0.29) is 28.5 Å². The maximum atomic E-state index is 12.5. The van der Waals surface area contributed by atoms with E-state index in [4.69, 9.17) is 0 Å². The summed E-state index contributed by atoms with van der Waals surface area (Å²) in [5.74, 6) is 0.453. The van der Waals surface area contributed by atoms with E-state index in [9.17, 15) is 13.2 Å². The molecule has 0 atom stereocenters. The second kappa shape index (κ2) is 8.68. The molecule has 5 rings (SSSR count). The molecular formula is C26H26N4O3S. The number of amides is 1. The van der Waals surface area contributed by atoms with Crippen LogP contribution in [0, 0.1) is 0 Å². The van der Waals surface area contributed by atoms with Crippen molar-refractivity contribution < 1.29 is 13.2 Å². The van der Waals surface area contributed by atoms with E-state index in [2.05, 4.69) is 56.8 Å². The van der Waals surface area contributed by atoms with Gasteiger partial charge in [0.25, 0.3) is 5.91 Å². The summed E-state index contributed by atoms with van der Waals surface area (Å²) < 4.78 is 23.1. The van der Waals surface area contributed by atoms with E-state index in [1.54, 1.807) is 18.2 Å². The van der Waals surface area contributed by atoms with Gasteiger partial charge in [-0.25, -0.2) is 8.42 Å². The summed E-state index contributed by atoms with van der Waals surface area (Å²) in [5, 5.41) is 11.2. The van der Waals surface area contributed by atoms with E-state index in [1.807, 2.05) is 6.07 Å². The van der Waals surface area contributed by atoms with Gasteiger partial charge in [0.05, 0.1) is 4.90 Å². The van der Waals surface area contributed by atoms with Crippen LogP contribution in [-0.2, 0) is 21.8 Å². The summed E-state index contributed by atoms with van der Waals surface area (Å²) in [6.07, 6.45) is 7.78. The van der Waals surface area contributed by atoms with Gasteiger partial charge in [-0.2, -0.15) is 0 Å². The van der Waals surface area contributed by atoms with Crippen LogP contribution in [0.1, 0.15) is 40.0 Å². The number of nitrogens with zero attached hydrogens (tertiary/aromatic N) is 3. The lowest BCUT2D eigenvalue weighted by Crippen LogP contribution is -2.41. The van der Waals surface area contributed by atoms with Crippen LogP contribution in [-0.4, -0.2) is 43.9 Å². The first-order valence-corrected chi connectivity index (χ1v) is 13.2. The van der Waals surface area contributed by atoms with Crippen molar-refractivity contribution in [2.45, 2.75) is 29.7 Å². The van der Waals surface area contributed by atoms with Crippen molar-refractivity contribution in [3.8, 4) is 0 Å². The second-order valence-corrected chi connectivity index (χ2v) is 11.0. The maximum absolute atomic E-state index is 12.5. The number of allylic oxidation sites excluding steroid dienone is 1. The first kappa shape index (κ1) is 22.3. The Kier molecular flexibility index (Phi) is 5.69. The minimum Gasteiger partial charge on any atom is -0.355 e. The Hall–Kier alpha value is -3.52. The number of fused-ring (bicyclic) bond motifs is 2. The standard InChI is InChI=1S/C26H26N4O3S/c1-34(32,33)21-8-6-19(7-9-21)18-27-25(31)23-10-11-24(29-28-23)30-16-14-26(15-17-30)13-12-20-4-2-3-5-22(20)26/h2-13H,14-18H2,1H3,(H,27,31). The molecule has 174 valence electrons. The molecule has 1 spiro atoms. The SMILES string of the molecule is CS(=O)(=O)c1ccc(CNC(=O)c2ccc(N3CCC4(C=Cc5ccccc54)CC3)nn2)cc1. The molecule has 1 fully saturated rings. The Morgan fingerprint density at radius 2 is 1.74 bits per heavy atom. The molecule has 34 heavy (non-hydrogen) atoms. The molecule has 8 heteroatoms. The van der Waals surface area contributed by atoms with Crippen LogP contribution in [0.5, 0.6) is 0 Å². The van der Waals surface area contributed by atoms with Gasteiger partial charge in [0, 0.05) is 31.3 Å². The number of aromatic nitrogens is 2. The molecule has 1 N–H and O–H groups in total. The molecule has 1 aliphatic heterocycles. The van der Waals surface area contributed by atoms with E-state index in [0.29, 0.717) is 0 Å². The Labute approximate surface area is 199 Å². The van der Waals surface area contributed by atoms with Crippen molar-refractivity contribution >= 4 is 27.6 Å². The highest BCUT2D eigenvalue weighted by molar-refractivity contribution is 7.90. The molecule has 0 bridgehead atoms. The molecule has 1 aliphatic carbocycles. The number of nitrogens with one attached hydrogen (secondary N) is 1. The molecule has 0 radical (unpaired) electrons. The zero-order valence-corrected chi connectivity index (χ0v) is 19.8. The average Bonchev–Trinajstić information content (AvgIpc) is 3.21. The van der Waals surface area contributed by atoms with Gasteiger partial charge in [0.2, 0.25) is 0 Å². The summed E-state index contributed by atoms with van der Waals surface area (Å²) in [6.45, 7) is 2.03. The van der Waals surface area contributed by atoms with Crippen LogP contribution in [0.4, 0.5) is 5.82 Å². The van der Waals surface area contributed by atoms with Crippen LogP contribution >= 0.6 is 0 Å². The van der Waals surface area contributed by atoms with Crippen LogP contribution < -0.4 is 10.2 Å². The smallest absolute Gasteiger partial charge is 0.272 e. The maximum Gasteiger partial charge on any atom is 0.272 e. The van der Waals surface area contributed by atoms with Crippen LogP contribution in [0.25, 0.3) is 6.08 Å². The third-order valence-electron chi connectivity index (χ3n) is 6.75. The Morgan fingerprint density at radius 3 is 2.41 bits per heavy atom. The van der Waals surface area contributed by atoms with Crippen molar-refractivity contribution in [1.29, 1.82) is 0 Å². The molecule has 1 aromatic heterocycles. The van der Waals surface area contributed by atoms with E-state index >= 15 is 0 Å². The van der Waals surface area contributed by atoms with Crippen LogP contribution in [0.2, 0.25) is 0 Å². The number of hydrogen-bond acceptors (Lipinski definition) is 6. The normalized spacial score (nSPS) is 16.4. The third kappa shape index (κ3) is 4.33. The largest absolute Gasteiger partial charge is 0.355 e. The van der Waals surface area contributed by atoms with E-state index < -0.39 is 9.84 Å². The van der Waals surface area contributed by atoms with E-state index in [0.717, 1.165) is 37.3 Å². The van der Waals surface area contributed by atoms with Crippen molar-refractivity contribution in [2.75, 3.05) is 24.2 Å². The van der Waals surface area contributed by atoms with Crippen molar-refractivity contribution in [3.63, 3.8) is 0 Å². The molecule has 0 unspecified atom stereocenters. The fraction of sp³-hybridized carbons (Fsp3) is 0.269. The third-order valence-corrected chi connectivity index (χ3v) is 7.87. The monoisotopic (exact) mass is 474 g/mol. The van der Waals surface area contributed by atoms with Gasteiger partial charge in [-0.15, -0.1) is 10.2 Å². The summed E-state index contributed by atoms with van der Waals surface area (Å²) in [4.78, 5) is 15.0. The highest BCUT2D eigenvalue weighted by Crippen LogP contribution is 2.44. The highest BCUT2D eigenvalue weighted by Gasteiger charge is 2.38. The number of rotatable bonds is 5. The van der Waals surface area contributed by atoms with Gasteiger partial charge in [0.15, 0.2) is 21.3 Å². The van der Waals surface area contributed by atoms with Gasteiger partial charge in [-0.3, -0.25) is 4.79 Å². The summed E-state index contributed by atoms with van der Waals surface area (Å²) >= 11 is 0. The number of piperidine rings is 1. The summed E-state index contributed by atoms with van der Waals surface area (Å²) in [6, 6.07) is 18.6. The number of anilines is 1. The lowest BCUT2D eigenvalue weighted by molar-refractivity contribution is 0.0945. The van der Waals surface area contributed by atoms with Gasteiger partial charge < -0.3 is 10.2 Å². The summed E-state index contributed by atoms with van der Waals surface area (Å²) in [7, 11) is -3.24. The van der Waals surface area contributed by atoms with Gasteiger partial charge in [-0.1, -0.05) is 48.6 Å². The molecule has 7 nitrogen and oxygen atoms in total. The first-order valence-electron chi connectivity index (χ1n) is 11.3. The quantitative estimate of drug-likeness (QED) is 0.610. The average molecular weight is 475 g/mol. The molecule has 0 saturated carbocycles. The Balaban J connectivity index is 1.18. The minimum absolute atomic E-state index is 0.111. The predicted octanol–water partition coefficient (Wildman–Crippen LogP) is 3.38. The molecule has 2 heterocycles. The molecule has 3 aromatic rings. The number of carbonyl (C=O) groups excluding carboxylic acids is 1. The topological polar surface area (TPSA) is 92.3 Å². The fourth-order valence-electron chi connectivity index (χ4n) is 4.75. The van der Waals surface area contributed by atoms with Crippen molar-refractivity contribution in [1.82, 2.24) is 15.5 Å². The molecule has 2 aromatic carbocycles. The van der Waals surface area contributed by atoms with Crippen LogP contribution in [0.3, 0.4) is 0 Å². The fourth-order valence-corrected chi connectivity index (χ4v) is 5.38. The first-order chi connectivity index (χ1) is 16.3. The zero-order chi connectivity index (χ0) is 23.8. The molecule has 1 amide bonds. The molecule has 2 aliphatic rings. The Bertz CT molecular complexity index is 1340. The van der Waals surface area contributed by atoms with Gasteiger partial charge in [-0.05, 0) is 53.8 Å². The molecular weight excluding hydrogens is 448 g/mol. The minimum atomic E-state index is -3.24. The van der Waals surface area contributed by atoms with Crippen molar-refractivity contribution in [3.05, 3.63) is 89.1 Å². The lowest BCUT2D eigenvalue weighted by Gasteiger charge is -2.39. The van der Waals surface area contributed by atoms with Gasteiger partial charge in [0.1, 0.15) is 0 Å². The highest BCUT2D eigenvalue weighted by atomic mass is 32.2. The van der Waals surface area contributed by atoms with Crippen LogP contribution in [0.15, 0.2) is 71.6 Å². The number of hydrogen-bond donors (Lipinski definition) is 1. The second-order valence-electron chi connectivity index (χ2n) is 8.94. The van der Waals surface area contributed by atoms with Crippen molar-refractivity contribution in [2.24, 2.45) is 0 Å². The molecule has 1 saturated heterocycles. The zero-order valence-electron chi connectivity index (χ0n) is 18.9. The van der Waals surface area contributed by atoms with E-state index in [1.165, 1.54) is 29.5 Å². The lowest BCUT2D eigenvalue weighted by atomic mass is 9.74. The Morgan fingerprint density at radius 1 is 1.00 bits per heavy atom. The number of sulfone groups is 1. The number of benzene rings is 2. The summed E-state index contributed by atoms with van der Waals surface area (Å²) in [5.41, 5.74) is 3.89. The number of carbonyl (C=O) groups is 1. The van der Waals surface area contributed by atoms with Gasteiger partial charge >= 0.3 is 0 Å². The predicted molar refractivity (Wildman–Crippen MR) is 131 cm³/mol.